The Morgan fingerprint density at radius 3 is 2.79 bits per heavy atom. The van der Waals surface area contributed by atoms with Crippen LogP contribution in [-0.2, 0) is 4.79 Å². The number of hydrogen-bond donors (Lipinski definition) is 1. The number of fused-ring (bicyclic) bond motifs is 2. The van der Waals surface area contributed by atoms with Gasteiger partial charge < -0.3 is 10.1 Å². The zero-order valence-electron chi connectivity index (χ0n) is 17.1. The minimum Gasteiger partial charge on any atom is -0.482 e. The standard InChI is InChI=1S/C24H16ClN3O4S/c25-15-4-3-5-16(11-15)28-23(31)17-6-1-2-7-18(17)27-24(28)33-13-20(29)14-8-9-21-19(10-14)26-22(30)12-32-21/h1-11H,12-13H2,(H,26,30). The van der Waals surface area contributed by atoms with Crippen molar-refractivity contribution in [3.8, 4) is 11.4 Å². The summed E-state index contributed by atoms with van der Waals surface area (Å²) in [5, 5.41) is 4.03. The molecule has 1 aromatic heterocycles. The summed E-state index contributed by atoms with van der Waals surface area (Å²) >= 11 is 7.31. The number of Topliss-reactive ketones (excluding diaryl/α,β-unsaturated/α-hetero) is 1. The lowest BCUT2D eigenvalue weighted by Gasteiger charge is -2.18. The van der Waals surface area contributed by atoms with Gasteiger partial charge in [-0.3, -0.25) is 19.0 Å². The third kappa shape index (κ3) is 4.22. The van der Waals surface area contributed by atoms with Gasteiger partial charge in [0.1, 0.15) is 5.75 Å². The zero-order chi connectivity index (χ0) is 22.9. The number of ketones is 1. The number of aromatic nitrogens is 2. The summed E-state index contributed by atoms with van der Waals surface area (Å²) in [6.45, 7) is -0.0508. The number of para-hydroxylation sites is 1. The van der Waals surface area contributed by atoms with Crippen molar-refractivity contribution < 1.29 is 14.3 Å². The lowest BCUT2D eigenvalue weighted by Crippen LogP contribution is -2.25. The van der Waals surface area contributed by atoms with Gasteiger partial charge in [0.15, 0.2) is 17.5 Å². The average molecular weight is 478 g/mol. The number of nitrogens with one attached hydrogen (secondary N) is 1. The Labute approximate surface area is 197 Å². The van der Waals surface area contributed by atoms with E-state index in [0.29, 0.717) is 43.8 Å². The van der Waals surface area contributed by atoms with Crippen LogP contribution < -0.4 is 15.6 Å². The number of anilines is 1. The van der Waals surface area contributed by atoms with E-state index in [0.717, 1.165) is 11.8 Å². The molecule has 0 bridgehead atoms. The van der Waals surface area contributed by atoms with Crippen LogP contribution in [0.3, 0.4) is 0 Å². The summed E-state index contributed by atoms with van der Waals surface area (Å²) in [4.78, 5) is 42.4. The van der Waals surface area contributed by atoms with Crippen LogP contribution in [0.4, 0.5) is 5.69 Å². The molecule has 0 spiro atoms. The van der Waals surface area contributed by atoms with Crippen LogP contribution in [0.5, 0.6) is 5.75 Å². The number of ether oxygens (including phenoxy) is 1. The van der Waals surface area contributed by atoms with Gasteiger partial charge in [-0.15, -0.1) is 0 Å². The van der Waals surface area contributed by atoms with E-state index in [1.807, 2.05) is 6.07 Å². The summed E-state index contributed by atoms with van der Waals surface area (Å²) in [6, 6.07) is 18.9. The van der Waals surface area contributed by atoms with E-state index in [-0.39, 0.29) is 29.6 Å². The molecule has 1 aliphatic heterocycles. The highest BCUT2D eigenvalue weighted by Crippen LogP contribution is 2.30. The number of rotatable bonds is 5. The molecule has 3 aromatic carbocycles. The van der Waals surface area contributed by atoms with E-state index in [1.54, 1.807) is 60.7 Å². The molecule has 2 heterocycles. The Morgan fingerprint density at radius 2 is 1.94 bits per heavy atom. The van der Waals surface area contributed by atoms with Gasteiger partial charge in [0.25, 0.3) is 11.5 Å². The summed E-state index contributed by atoms with van der Waals surface area (Å²) in [5.41, 5.74) is 1.75. The third-order valence-electron chi connectivity index (χ3n) is 5.08. The van der Waals surface area contributed by atoms with Crippen LogP contribution >= 0.6 is 23.4 Å². The van der Waals surface area contributed by atoms with Crippen molar-refractivity contribution in [2.45, 2.75) is 5.16 Å². The number of benzene rings is 3. The van der Waals surface area contributed by atoms with E-state index in [4.69, 9.17) is 16.3 Å². The maximum absolute atomic E-state index is 13.3. The van der Waals surface area contributed by atoms with E-state index >= 15 is 0 Å². The Balaban J connectivity index is 1.49. The molecule has 7 nitrogen and oxygen atoms in total. The zero-order valence-corrected chi connectivity index (χ0v) is 18.7. The number of nitrogens with zero attached hydrogens (tertiary/aromatic N) is 2. The van der Waals surface area contributed by atoms with Gasteiger partial charge in [-0.1, -0.05) is 41.6 Å². The summed E-state index contributed by atoms with van der Waals surface area (Å²) in [5.74, 6) is 0.110. The van der Waals surface area contributed by atoms with Crippen LogP contribution in [0.25, 0.3) is 16.6 Å². The first-order valence-electron chi connectivity index (χ1n) is 10.00. The van der Waals surface area contributed by atoms with Crippen molar-refractivity contribution in [2.75, 3.05) is 17.7 Å². The molecule has 164 valence electrons. The Hall–Kier alpha value is -3.62. The first kappa shape index (κ1) is 21.2. The summed E-state index contributed by atoms with van der Waals surface area (Å²) in [7, 11) is 0. The van der Waals surface area contributed by atoms with Crippen molar-refractivity contribution in [1.82, 2.24) is 9.55 Å². The van der Waals surface area contributed by atoms with Gasteiger partial charge in [-0.25, -0.2) is 4.98 Å². The van der Waals surface area contributed by atoms with Crippen LogP contribution in [0.2, 0.25) is 5.02 Å². The maximum atomic E-state index is 13.3. The highest BCUT2D eigenvalue weighted by atomic mass is 35.5. The van der Waals surface area contributed by atoms with Crippen LogP contribution in [0, 0.1) is 0 Å². The predicted molar refractivity (Wildman–Crippen MR) is 128 cm³/mol. The number of halogens is 1. The second-order valence-corrected chi connectivity index (χ2v) is 8.67. The molecular weight excluding hydrogens is 462 g/mol. The molecule has 5 rings (SSSR count). The lowest BCUT2D eigenvalue weighted by molar-refractivity contribution is -0.118. The Bertz CT molecular complexity index is 1480. The van der Waals surface area contributed by atoms with Crippen molar-refractivity contribution in [2.24, 2.45) is 0 Å². The molecule has 1 N–H and O–H groups in total. The SMILES string of the molecule is O=C1COc2ccc(C(=O)CSc3nc4ccccc4c(=O)n3-c3cccc(Cl)c3)cc2N1. The second kappa shape index (κ2) is 8.73. The number of amides is 1. The van der Waals surface area contributed by atoms with Crippen LogP contribution in [0.1, 0.15) is 10.4 Å². The fourth-order valence-corrected chi connectivity index (χ4v) is 4.61. The molecule has 0 unspecified atom stereocenters. The maximum Gasteiger partial charge on any atom is 0.266 e. The van der Waals surface area contributed by atoms with Gasteiger partial charge >= 0.3 is 0 Å². The largest absolute Gasteiger partial charge is 0.482 e. The highest BCUT2D eigenvalue weighted by Gasteiger charge is 2.19. The normalized spacial score (nSPS) is 12.7. The minimum atomic E-state index is -0.271. The third-order valence-corrected chi connectivity index (χ3v) is 6.25. The molecule has 1 amide bonds. The topological polar surface area (TPSA) is 90.3 Å². The van der Waals surface area contributed by atoms with Gasteiger partial charge in [-0.05, 0) is 48.5 Å². The number of hydrogen-bond acceptors (Lipinski definition) is 6. The van der Waals surface area contributed by atoms with E-state index < -0.39 is 0 Å². The number of carbonyl (C=O) groups excluding carboxylic acids is 2. The van der Waals surface area contributed by atoms with Gasteiger partial charge in [0.05, 0.1) is 28.0 Å². The fraction of sp³-hybridized carbons (Fsp3) is 0.0833. The van der Waals surface area contributed by atoms with E-state index in [9.17, 15) is 14.4 Å². The predicted octanol–water partition coefficient (Wildman–Crippen LogP) is 4.35. The number of carbonyl (C=O) groups is 2. The number of thioether (sulfide) groups is 1. The van der Waals surface area contributed by atoms with E-state index in [2.05, 4.69) is 10.3 Å². The highest BCUT2D eigenvalue weighted by molar-refractivity contribution is 7.99. The fourth-order valence-electron chi connectivity index (χ4n) is 3.52. The van der Waals surface area contributed by atoms with Crippen LogP contribution in [-0.4, -0.2) is 33.6 Å². The molecular formula is C24H16ClN3O4S. The Morgan fingerprint density at radius 1 is 1.09 bits per heavy atom. The van der Waals surface area contributed by atoms with Gasteiger partial charge in [-0.2, -0.15) is 0 Å². The molecule has 0 radical (unpaired) electrons. The molecule has 0 atom stereocenters. The minimum absolute atomic E-state index is 0.0406. The smallest absolute Gasteiger partial charge is 0.266 e. The molecule has 9 heteroatoms. The van der Waals surface area contributed by atoms with Crippen molar-refractivity contribution >= 4 is 51.6 Å². The van der Waals surface area contributed by atoms with E-state index in [1.165, 1.54) is 4.57 Å². The monoisotopic (exact) mass is 477 g/mol. The van der Waals surface area contributed by atoms with Gasteiger partial charge in [0, 0.05) is 10.6 Å². The average Bonchev–Trinajstić information content (AvgIpc) is 2.82. The molecule has 33 heavy (non-hydrogen) atoms. The van der Waals surface area contributed by atoms with Crippen molar-refractivity contribution in [3.63, 3.8) is 0 Å². The molecule has 0 fully saturated rings. The molecule has 0 saturated heterocycles. The molecule has 4 aromatic rings. The Kier molecular flexibility index (Phi) is 5.62. The quantitative estimate of drug-likeness (QED) is 0.261. The summed E-state index contributed by atoms with van der Waals surface area (Å²) < 4.78 is 6.81. The summed E-state index contributed by atoms with van der Waals surface area (Å²) in [6.07, 6.45) is 0. The molecule has 0 aliphatic carbocycles. The first-order valence-corrected chi connectivity index (χ1v) is 11.4. The van der Waals surface area contributed by atoms with Crippen molar-refractivity contribution in [1.29, 1.82) is 0 Å². The van der Waals surface area contributed by atoms with Crippen LogP contribution in [0.15, 0.2) is 76.7 Å². The first-order chi connectivity index (χ1) is 16.0. The second-order valence-electron chi connectivity index (χ2n) is 7.29. The van der Waals surface area contributed by atoms with Gasteiger partial charge in [0.2, 0.25) is 0 Å². The van der Waals surface area contributed by atoms with Crippen molar-refractivity contribution in [3.05, 3.63) is 87.7 Å². The lowest BCUT2D eigenvalue weighted by atomic mass is 10.1. The molecule has 1 aliphatic rings. The molecule has 0 saturated carbocycles.